The van der Waals surface area contributed by atoms with Crippen LogP contribution in [0.4, 0.5) is 24.5 Å². The molecule has 0 spiro atoms. The summed E-state index contributed by atoms with van der Waals surface area (Å²) in [5, 5.41) is -0.0580. The number of hydrogen-bond donors (Lipinski definition) is 1. The van der Waals surface area contributed by atoms with Crippen LogP contribution in [0.25, 0.3) is 0 Å². The molecule has 0 aromatic heterocycles. The lowest BCUT2D eigenvalue weighted by molar-refractivity contribution is -0.137. The van der Waals surface area contributed by atoms with Gasteiger partial charge in [-0.15, -0.1) is 0 Å². The van der Waals surface area contributed by atoms with Crippen LogP contribution in [0.2, 0.25) is 0 Å². The van der Waals surface area contributed by atoms with Gasteiger partial charge >= 0.3 is 6.18 Å². The number of sulfone groups is 1. The Hall–Kier alpha value is -3.08. The third kappa shape index (κ3) is 3.65. The lowest BCUT2D eigenvalue weighted by atomic mass is 10.2. The van der Waals surface area contributed by atoms with Crippen LogP contribution in [0, 0.1) is 0 Å². The lowest BCUT2D eigenvalue weighted by Crippen LogP contribution is -2.51. The van der Waals surface area contributed by atoms with E-state index in [1.165, 1.54) is 32.4 Å². The zero-order chi connectivity index (χ0) is 21.6. The Morgan fingerprint density at radius 3 is 2.48 bits per heavy atom. The summed E-state index contributed by atoms with van der Waals surface area (Å²) in [4.78, 5) is 25.9. The van der Waals surface area contributed by atoms with Gasteiger partial charge in [0, 0.05) is 18.8 Å². The second-order valence-corrected chi connectivity index (χ2v) is 8.23. The van der Waals surface area contributed by atoms with Gasteiger partial charge in [-0.05, 0) is 30.3 Å². The van der Waals surface area contributed by atoms with Crippen molar-refractivity contribution in [3.05, 3.63) is 48.0 Å². The number of ether oxygens (including phenoxy) is 1. The van der Waals surface area contributed by atoms with Crippen LogP contribution in [0.15, 0.2) is 47.4 Å². The maximum atomic E-state index is 12.9. The molecule has 7 nitrogen and oxygen atoms in total. The minimum Gasteiger partial charge on any atom is -0.497 e. The number of rotatable bonds is 3. The van der Waals surface area contributed by atoms with Gasteiger partial charge in [0.1, 0.15) is 5.75 Å². The fraction of sp³-hybridized carbons (Fsp3) is 0.222. The van der Waals surface area contributed by atoms with E-state index in [0.29, 0.717) is 6.07 Å². The maximum absolute atomic E-state index is 12.9. The largest absolute Gasteiger partial charge is 0.497 e. The second kappa shape index (κ2) is 7.07. The Morgan fingerprint density at radius 2 is 1.86 bits per heavy atom. The van der Waals surface area contributed by atoms with Crippen LogP contribution in [-0.4, -0.2) is 39.6 Å². The van der Waals surface area contributed by atoms with Crippen molar-refractivity contribution in [1.82, 2.24) is 0 Å². The molecule has 1 aliphatic heterocycles. The van der Waals surface area contributed by atoms with Gasteiger partial charge in [-0.2, -0.15) is 13.2 Å². The van der Waals surface area contributed by atoms with Crippen LogP contribution >= 0.6 is 0 Å². The molecule has 1 N–H and O–H groups in total. The fourth-order valence-electron chi connectivity index (χ4n) is 2.91. The van der Waals surface area contributed by atoms with E-state index in [1.54, 1.807) is 0 Å². The molecule has 3 rings (SSSR count). The second-order valence-electron chi connectivity index (χ2n) is 6.22. The fourth-order valence-corrected chi connectivity index (χ4v) is 4.71. The predicted molar refractivity (Wildman–Crippen MR) is 97.5 cm³/mol. The molecule has 1 heterocycles. The van der Waals surface area contributed by atoms with Crippen molar-refractivity contribution in [2.75, 3.05) is 24.4 Å². The quantitative estimate of drug-likeness (QED) is 0.759. The minimum absolute atomic E-state index is 0.0684. The molecule has 0 aliphatic carbocycles. The molecular formula is C18H15F3N2O5S. The summed E-state index contributed by atoms with van der Waals surface area (Å²) in [6.45, 7) is 0. The highest BCUT2D eigenvalue weighted by atomic mass is 32.2. The van der Waals surface area contributed by atoms with Crippen molar-refractivity contribution in [3.63, 3.8) is 0 Å². The highest BCUT2D eigenvalue weighted by Gasteiger charge is 2.48. The lowest BCUT2D eigenvalue weighted by Gasteiger charge is -2.30. The van der Waals surface area contributed by atoms with Gasteiger partial charge in [0.05, 0.1) is 23.3 Å². The van der Waals surface area contributed by atoms with Gasteiger partial charge in [0.2, 0.25) is 15.1 Å². The number of anilines is 2. The maximum Gasteiger partial charge on any atom is 0.416 e. The average Bonchev–Trinajstić information content (AvgIpc) is 2.65. The van der Waals surface area contributed by atoms with Crippen LogP contribution in [0.3, 0.4) is 0 Å². The number of fused-ring (bicyclic) bond motifs is 1. The molecule has 1 unspecified atom stereocenters. The molecule has 0 bridgehead atoms. The van der Waals surface area contributed by atoms with Crippen molar-refractivity contribution < 1.29 is 35.9 Å². The number of alkyl halides is 3. The summed E-state index contributed by atoms with van der Waals surface area (Å²) >= 11 is 0. The summed E-state index contributed by atoms with van der Waals surface area (Å²) in [5.41, 5.74) is -1.24. The Balaban J connectivity index is 2.00. The van der Waals surface area contributed by atoms with Crippen LogP contribution in [0.5, 0.6) is 5.75 Å². The molecule has 154 valence electrons. The molecule has 1 atom stereocenters. The van der Waals surface area contributed by atoms with Crippen molar-refractivity contribution >= 4 is 33.0 Å². The number of halogens is 3. The number of hydrogen-bond acceptors (Lipinski definition) is 5. The van der Waals surface area contributed by atoms with E-state index in [9.17, 15) is 31.2 Å². The number of methoxy groups -OCH3 is 1. The van der Waals surface area contributed by atoms with Crippen LogP contribution < -0.4 is 15.0 Å². The Morgan fingerprint density at radius 1 is 1.17 bits per heavy atom. The zero-order valence-corrected chi connectivity index (χ0v) is 16.0. The molecule has 1 aliphatic rings. The molecular weight excluding hydrogens is 413 g/mol. The highest BCUT2D eigenvalue weighted by molar-refractivity contribution is 7.94. The monoisotopic (exact) mass is 428 g/mol. The summed E-state index contributed by atoms with van der Waals surface area (Å²) in [6, 6.07) is 7.67. The third-order valence-electron chi connectivity index (χ3n) is 4.40. The van der Waals surface area contributed by atoms with Gasteiger partial charge in [0.25, 0.3) is 11.8 Å². The minimum atomic E-state index is -4.65. The van der Waals surface area contributed by atoms with Crippen molar-refractivity contribution in [2.24, 2.45) is 0 Å². The van der Waals surface area contributed by atoms with Crippen molar-refractivity contribution in [2.45, 2.75) is 16.3 Å². The number of amides is 2. The molecule has 0 radical (unpaired) electrons. The van der Waals surface area contributed by atoms with Gasteiger partial charge in [0.15, 0.2) is 0 Å². The van der Waals surface area contributed by atoms with Crippen LogP contribution in [0.1, 0.15) is 5.56 Å². The molecule has 2 aromatic carbocycles. The number of carbonyl (C=O) groups is 2. The topological polar surface area (TPSA) is 92.8 Å². The van der Waals surface area contributed by atoms with Gasteiger partial charge < -0.3 is 15.0 Å². The normalized spacial score (nSPS) is 18.2. The first-order valence-electron chi connectivity index (χ1n) is 8.14. The molecule has 0 saturated carbocycles. The number of carbonyl (C=O) groups excluding carboxylic acids is 2. The summed E-state index contributed by atoms with van der Waals surface area (Å²) in [5.74, 6) is -2.08. The van der Waals surface area contributed by atoms with E-state index >= 15 is 0 Å². The first-order valence-corrected chi connectivity index (χ1v) is 9.69. The number of nitrogens with zero attached hydrogens (tertiary/aromatic N) is 1. The van der Waals surface area contributed by atoms with E-state index in [4.69, 9.17) is 4.74 Å². The number of nitrogens with one attached hydrogen (secondary N) is 1. The van der Waals surface area contributed by atoms with Gasteiger partial charge in [-0.25, -0.2) is 8.42 Å². The van der Waals surface area contributed by atoms with Gasteiger partial charge in [-0.1, -0.05) is 6.07 Å². The predicted octanol–water partition coefficient (Wildman–Crippen LogP) is 2.47. The molecule has 2 aromatic rings. The molecule has 2 amide bonds. The standard InChI is InChI=1S/C18H15F3N2O5S/c1-23-13-7-6-12(28-2)9-14(13)29(26,27)15(17(23)25)16(24)22-11-5-3-4-10(8-11)18(19,20)21/h3-9,15H,1-2H3,(H,22,24). The third-order valence-corrected chi connectivity index (χ3v) is 6.37. The Bertz CT molecular complexity index is 1100. The molecule has 0 fully saturated rings. The first kappa shape index (κ1) is 20.6. The molecule has 11 heteroatoms. The molecule has 29 heavy (non-hydrogen) atoms. The molecule has 0 saturated heterocycles. The summed E-state index contributed by atoms with van der Waals surface area (Å²) in [7, 11) is -1.84. The highest BCUT2D eigenvalue weighted by Crippen LogP contribution is 2.37. The van der Waals surface area contributed by atoms with E-state index < -0.39 is 38.6 Å². The van der Waals surface area contributed by atoms with E-state index in [1.807, 2.05) is 0 Å². The van der Waals surface area contributed by atoms with Gasteiger partial charge in [-0.3, -0.25) is 9.59 Å². The average molecular weight is 428 g/mol. The smallest absolute Gasteiger partial charge is 0.416 e. The Kier molecular flexibility index (Phi) is 5.03. The zero-order valence-electron chi connectivity index (χ0n) is 15.1. The SMILES string of the molecule is COc1ccc2c(c1)S(=O)(=O)C(C(=O)Nc1cccc(C(F)(F)F)c1)C(=O)N2C. The summed E-state index contributed by atoms with van der Waals surface area (Å²) in [6.07, 6.45) is -4.65. The van der Waals surface area contributed by atoms with Crippen molar-refractivity contribution in [1.29, 1.82) is 0 Å². The Labute approximate surface area is 164 Å². The van der Waals surface area contributed by atoms with Crippen molar-refractivity contribution in [3.8, 4) is 5.75 Å². The summed E-state index contributed by atoms with van der Waals surface area (Å²) < 4.78 is 69.4. The van der Waals surface area contributed by atoms with E-state index in [2.05, 4.69) is 5.32 Å². The first-order chi connectivity index (χ1) is 13.5. The van der Waals surface area contributed by atoms with E-state index in [0.717, 1.165) is 23.1 Å². The number of benzene rings is 2. The van der Waals surface area contributed by atoms with E-state index in [-0.39, 0.29) is 22.0 Å². The van der Waals surface area contributed by atoms with Crippen LogP contribution in [-0.2, 0) is 25.6 Å².